The molecule has 0 radical (unpaired) electrons. The first-order chi connectivity index (χ1) is 14.4. The summed E-state index contributed by atoms with van der Waals surface area (Å²) >= 11 is 0. The molecule has 4 rings (SSSR count). The van der Waals surface area contributed by atoms with E-state index in [-0.39, 0.29) is 28.6 Å². The molecule has 1 amide bonds. The summed E-state index contributed by atoms with van der Waals surface area (Å²) in [6, 6.07) is 6.53. The van der Waals surface area contributed by atoms with Gasteiger partial charge in [0.05, 0.1) is 4.90 Å². The largest absolute Gasteiger partial charge is 0.412 e. The predicted molar refractivity (Wildman–Crippen MR) is 111 cm³/mol. The van der Waals surface area contributed by atoms with Gasteiger partial charge in [-0.15, -0.1) is 10.2 Å². The molecular weight excluding hydrogens is 404 g/mol. The van der Waals surface area contributed by atoms with Crippen molar-refractivity contribution in [2.45, 2.75) is 62.8 Å². The molecule has 1 saturated carbocycles. The van der Waals surface area contributed by atoms with Crippen molar-refractivity contribution in [2.75, 3.05) is 13.1 Å². The van der Waals surface area contributed by atoms with E-state index in [2.05, 4.69) is 22.4 Å². The smallest absolute Gasteiger partial charge is 0.309 e. The lowest BCUT2D eigenvalue weighted by atomic mass is 9.95. The van der Waals surface area contributed by atoms with Crippen molar-refractivity contribution in [1.82, 2.24) is 19.8 Å². The van der Waals surface area contributed by atoms with E-state index in [1.807, 2.05) is 0 Å². The van der Waals surface area contributed by atoms with Crippen LogP contribution in [0.1, 0.15) is 62.6 Å². The van der Waals surface area contributed by atoms with Gasteiger partial charge in [-0.3, -0.25) is 4.79 Å². The van der Waals surface area contributed by atoms with E-state index in [0.29, 0.717) is 24.6 Å². The zero-order valence-corrected chi connectivity index (χ0v) is 18.0. The number of sulfonamides is 1. The molecule has 1 aromatic carbocycles. The van der Waals surface area contributed by atoms with Gasteiger partial charge in [0.1, 0.15) is 0 Å². The Bertz CT molecular complexity index is 973. The summed E-state index contributed by atoms with van der Waals surface area (Å²) in [5, 5.41) is 10.8. The van der Waals surface area contributed by atoms with Gasteiger partial charge in [-0.25, -0.2) is 8.42 Å². The average molecular weight is 433 g/mol. The summed E-state index contributed by atoms with van der Waals surface area (Å²) in [6.45, 7) is 3.25. The van der Waals surface area contributed by atoms with Crippen LogP contribution in [0.2, 0.25) is 0 Å². The van der Waals surface area contributed by atoms with Gasteiger partial charge in [0, 0.05) is 24.7 Å². The summed E-state index contributed by atoms with van der Waals surface area (Å²) in [7, 11) is -3.51. The molecule has 8 nitrogen and oxygen atoms in total. The maximum absolute atomic E-state index is 12.8. The van der Waals surface area contributed by atoms with Crippen molar-refractivity contribution in [3.63, 3.8) is 0 Å². The molecule has 30 heavy (non-hydrogen) atoms. The number of hydrogen-bond acceptors (Lipinski definition) is 6. The fourth-order valence-corrected chi connectivity index (χ4v) is 5.54. The fourth-order valence-electron chi connectivity index (χ4n) is 4.07. The van der Waals surface area contributed by atoms with Crippen LogP contribution in [-0.2, 0) is 10.0 Å². The minimum Gasteiger partial charge on any atom is -0.412 e. The first-order valence-corrected chi connectivity index (χ1v) is 12.1. The van der Waals surface area contributed by atoms with Crippen LogP contribution in [0.5, 0.6) is 0 Å². The van der Waals surface area contributed by atoms with Gasteiger partial charge < -0.3 is 9.73 Å². The van der Waals surface area contributed by atoms with Gasteiger partial charge in [0.2, 0.25) is 15.9 Å². The lowest BCUT2D eigenvalue weighted by Crippen LogP contribution is -2.37. The van der Waals surface area contributed by atoms with Crippen molar-refractivity contribution in [2.24, 2.45) is 5.92 Å². The second-order valence-corrected chi connectivity index (χ2v) is 10.3. The van der Waals surface area contributed by atoms with Crippen LogP contribution >= 0.6 is 0 Å². The third-order valence-electron chi connectivity index (χ3n) is 6.04. The molecule has 162 valence electrons. The molecule has 2 heterocycles. The topological polar surface area (TPSA) is 105 Å². The van der Waals surface area contributed by atoms with E-state index < -0.39 is 10.0 Å². The molecule has 1 aliphatic heterocycles. The number of benzene rings is 1. The predicted octanol–water partition coefficient (Wildman–Crippen LogP) is 3.22. The van der Waals surface area contributed by atoms with Crippen LogP contribution in [0.4, 0.5) is 0 Å². The van der Waals surface area contributed by atoms with Crippen LogP contribution < -0.4 is 5.32 Å². The summed E-state index contributed by atoms with van der Waals surface area (Å²) in [5.41, 5.74) is 0.574. The van der Waals surface area contributed by atoms with Crippen LogP contribution in [-0.4, -0.2) is 48.0 Å². The molecule has 0 atom stereocenters. The van der Waals surface area contributed by atoms with Gasteiger partial charge >= 0.3 is 11.8 Å². The Labute approximate surface area is 177 Å². The van der Waals surface area contributed by atoms with E-state index in [1.54, 1.807) is 28.6 Å². The van der Waals surface area contributed by atoms with Crippen molar-refractivity contribution in [3.05, 3.63) is 30.2 Å². The highest BCUT2D eigenvalue weighted by molar-refractivity contribution is 7.89. The molecule has 2 aromatic rings. The summed E-state index contributed by atoms with van der Waals surface area (Å²) in [5.74, 6) is 0.314. The highest BCUT2D eigenvalue weighted by Crippen LogP contribution is 2.26. The second-order valence-electron chi connectivity index (χ2n) is 8.33. The number of carbonyl (C=O) groups is 1. The van der Waals surface area contributed by atoms with Gasteiger partial charge in [-0.05, 0) is 55.9 Å². The lowest BCUT2D eigenvalue weighted by Gasteiger charge is -2.29. The molecule has 9 heteroatoms. The molecule has 1 N–H and O–H groups in total. The minimum atomic E-state index is -3.51. The Kier molecular flexibility index (Phi) is 6.19. The van der Waals surface area contributed by atoms with Crippen molar-refractivity contribution in [1.29, 1.82) is 0 Å². The maximum atomic E-state index is 12.8. The van der Waals surface area contributed by atoms with E-state index in [4.69, 9.17) is 4.42 Å². The normalized spacial score (nSPS) is 19.6. The Morgan fingerprint density at radius 3 is 2.37 bits per heavy atom. The molecule has 1 saturated heterocycles. The summed E-state index contributed by atoms with van der Waals surface area (Å²) in [4.78, 5) is 12.6. The zero-order chi connectivity index (χ0) is 21.1. The first-order valence-electron chi connectivity index (χ1n) is 10.7. The molecule has 0 bridgehead atoms. The third-order valence-corrected chi connectivity index (χ3v) is 7.95. The molecule has 2 fully saturated rings. The van der Waals surface area contributed by atoms with Crippen LogP contribution in [0, 0.1) is 5.92 Å². The molecule has 2 aliphatic rings. The average Bonchev–Trinajstić information content (AvgIpc) is 3.25. The Morgan fingerprint density at radius 1 is 1.03 bits per heavy atom. The monoisotopic (exact) mass is 432 g/mol. The Balaban J connectivity index is 1.43. The molecular formula is C21H28N4O4S. The first kappa shape index (κ1) is 21.0. The molecule has 1 aromatic heterocycles. The number of carbonyl (C=O) groups excluding carboxylic acids is 1. The second kappa shape index (κ2) is 8.85. The van der Waals surface area contributed by atoms with Crippen LogP contribution in [0.3, 0.4) is 0 Å². The maximum Gasteiger partial charge on any atom is 0.309 e. The third kappa shape index (κ3) is 4.57. The number of piperidine rings is 1. The summed E-state index contributed by atoms with van der Waals surface area (Å²) < 4.78 is 32.8. The lowest BCUT2D eigenvalue weighted by molar-refractivity contribution is 0.0893. The van der Waals surface area contributed by atoms with Crippen LogP contribution in [0.15, 0.2) is 33.6 Å². The van der Waals surface area contributed by atoms with E-state index in [9.17, 15) is 13.2 Å². The molecule has 0 spiro atoms. The number of hydrogen-bond donors (Lipinski definition) is 1. The number of amides is 1. The number of nitrogens with one attached hydrogen (secondary N) is 1. The standard InChI is InChI=1S/C21H28N4O4S/c1-15-11-13-25(14-12-15)30(27,28)18-9-7-16(8-10-18)20-23-24-21(29-20)19(26)22-17-5-3-2-4-6-17/h7-10,15,17H,2-6,11-14H2,1H3,(H,22,26). The van der Waals surface area contributed by atoms with Gasteiger partial charge in [-0.1, -0.05) is 26.2 Å². The highest BCUT2D eigenvalue weighted by atomic mass is 32.2. The number of aromatic nitrogens is 2. The van der Waals surface area contributed by atoms with Crippen molar-refractivity contribution in [3.8, 4) is 11.5 Å². The highest BCUT2D eigenvalue weighted by Gasteiger charge is 2.28. The number of nitrogens with zero attached hydrogens (tertiary/aromatic N) is 3. The summed E-state index contributed by atoms with van der Waals surface area (Å²) in [6.07, 6.45) is 7.14. The van der Waals surface area contributed by atoms with Crippen molar-refractivity contribution < 1.29 is 17.6 Å². The van der Waals surface area contributed by atoms with Crippen molar-refractivity contribution >= 4 is 15.9 Å². The number of rotatable bonds is 5. The molecule has 0 unspecified atom stereocenters. The Morgan fingerprint density at radius 2 is 1.70 bits per heavy atom. The zero-order valence-electron chi connectivity index (χ0n) is 17.2. The quantitative estimate of drug-likeness (QED) is 0.778. The van der Waals surface area contributed by atoms with Crippen LogP contribution in [0.25, 0.3) is 11.5 Å². The fraction of sp³-hybridized carbons (Fsp3) is 0.571. The van der Waals surface area contributed by atoms with Gasteiger partial charge in [-0.2, -0.15) is 4.31 Å². The van der Waals surface area contributed by atoms with E-state index >= 15 is 0 Å². The van der Waals surface area contributed by atoms with E-state index in [1.165, 1.54) is 6.42 Å². The molecule has 1 aliphatic carbocycles. The Hall–Kier alpha value is -2.26. The van der Waals surface area contributed by atoms with E-state index in [0.717, 1.165) is 38.5 Å². The SMILES string of the molecule is CC1CCN(S(=O)(=O)c2ccc(-c3nnc(C(=O)NC4CCCCC4)o3)cc2)CC1. The minimum absolute atomic E-state index is 0.0743. The van der Waals surface area contributed by atoms with Gasteiger partial charge in [0.15, 0.2) is 0 Å². The van der Waals surface area contributed by atoms with Gasteiger partial charge in [0.25, 0.3) is 0 Å².